The van der Waals surface area contributed by atoms with E-state index in [0.29, 0.717) is 11.6 Å². The molecule has 1 atom stereocenters. The summed E-state index contributed by atoms with van der Waals surface area (Å²) in [5.41, 5.74) is 2.13. The molecule has 1 fully saturated rings. The number of nitrogens with one attached hydrogen (secondary N) is 1. The lowest BCUT2D eigenvalue weighted by Crippen LogP contribution is -2.42. The summed E-state index contributed by atoms with van der Waals surface area (Å²) in [5.74, 6) is 0.275. The van der Waals surface area contributed by atoms with E-state index in [0.717, 1.165) is 56.7 Å². The molecule has 140 valence electrons. The van der Waals surface area contributed by atoms with Crippen LogP contribution in [0.1, 0.15) is 34.6 Å². The number of benzene rings is 1. The van der Waals surface area contributed by atoms with Crippen LogP contribution < -0.4 is 0 Å². The SMILES string of the molecule is Cc1cc(C(=O)N(C)CC2CCCN(CCc3ccccc3F)C2)n[nH]1. The van der Waals surface area contributed by atoms with Gasteiger partial charge < -0.3 is 9.80 Å². The average Bonchev–Trinajstić information content (AvgIpc) is 3.07. The molecule has 1 amide bonds. The molecule has 0 radical (unpaired) electrons. The minimum Gasteiger partial charge on any atom is -0.340 e. The number of H-pyrrole nitrogens is 1. The minimum absolute atomic E-state index is 0.0437. The van der Waals surface area contributed by atoms with Gasteiger partial charge in [0.2, 0.25) is 0 Å². The maximum absolute atomic E-state index is 13.8. The van der Waals surface area contributed by atoms with E-state index in [1.54, 1.807) is 17.0 Å². The Kier molecular flexibility index (Phi) is 6.04. The second-order valence-corrected chi connectivity index (χ2v) is 7.27. The molecular formula is C20H27FN4O. The van der Waals surface area contributed by atoms with Gasteiger partial charge in [0.15, 0.2) is 0 Å². The first-order valence-electron chi connectivity index (χ1n) is 9.26. The van der Waals surface area contributed by atoms with Crippen LogP contribution in [0.25, 0.3) is 0 Å². The van der Waals surface area contributed by atoms with Crippen LogP contribution in [0.3, 0.4) is 0 Å². The number of aromatic nitrogens is 2. The van der Waals surface area contributed by atoms with E-state index in [2.05, 4.69) is 15.1 Å². The normalized spacial score (nSPS) is 18.0. The van der Waals surface area contributed by atoms with Crippen LogP contribution in [0.2, 0.25) is 0 Å². The summed E-state index contributed by atoms with van der Waals surface area (Å²) < 4.78 is 13.8. The number of halogens is 1. The number of nitrogens with zero attached hydrogens (tertiary/aromatic N) is 3. The standard InChI is InChI=1S/C20H27FN4O/c1-15-12-19(23-22-15)20(26)24(2)13-16-6-5-10-25(14-16)11-9-17-7-3-4-8-18(17)21/h3-4,7-8,12,16H,5-6,9-11,13-14H2,1-2H3,(H,22,23). The summed E-state index contributed by atoms with van der Waals surface area (Å²) in [4.78, 5) is 16.6. The predicted molar refractivity (Wildman–Crippen MR) is 99.6 cm³/mol. The second kappa shape index (κ2) is 8.45. The lowest BCUT2D eigenvalue weighted by molar-refractivity contribution is 0.0724. The van der Waals surface area contributed by atoms with Crippen LogP contribution in [0.4, 0.5) is 4.39 Å². The summed E-state index contributed by atoms with van der Waals surface area (Å²) in [6.07, 6.45) is 2.96. The van der Waals surface area contributed by atoms with Crippen LogP contribution >= 0.6 is 0 Å². The van der Waals surface area contributed by atoms with Gasteiger partial charge in [0.25, 0.3) is 5.91 Å². The third-order valence-corrected chi connectivity index (χ3v) is 5.06. The molecule has 0 bridgehead atoms. The van der Waals surface area contributed by atoms with E-state index in [1.807, 2.05) is 26.1 Å². The Morgan fingerprint density at radius 2 is 2.23 bits per heavy atom. The Hall–Kier alpha value is -2.21. The van der Waals surface area contributed by atoms with Crippen molar-refractivity contribution in [3.63, 3.8) is 0 Å². The molecule has 2 heterocycles. The van der Waals surface area contributed by atoms with Crippen LogP contribution in [0, 0.1) is 18.7 Å². The molecule has 1 aliphatic heterocycles. The number of carbonyl (C=O) groups is 1. The number of aromatic amines is 1. The molecule has 1 saturated heterocycles. The Bertz CT molecular complexity index is 745. The molecule has 1 aromatic heterocycles. The zero-order chi connectivity index (χ0) is 18.5. The van der Waals surface area contributed by atoms with Gasteiger partial charge in [-0.25, -0.2) is 4.39 Å². The number of rotatable bonds is 6. The molecule has 2 aromatic rings. The van der Waals surface area contributed by atoms with Gasteiger partial charge >= 0.3 is 0 Å². The van der Waals surface area contributed by atoms with Gasteiger partial charge in [0.05, 0.1) is 0 Å². The van der Waals surface area contributed by atoms with Gasteiger partial charge in [-0.1, -0.05) is 18.2 Å². The fourth-order valence-electron chi connectivity index (χ4n) is 3.68. The van der Waals surface area contributed by atoms with Crippen molar-refractivity contribution >= 4 is 5.91 Å². The number of hydrogen-bond donors (Lipinski definition) is 1. The third kappa shape index (κ3) is 4.69. The van der Waals surface area contributed by atoms with E-state index < -0.39 is 0 Å². The van der Waals surface area contributed by atoms with Gasteiger partial charge in [-0.3, -0.25) is 9.89 Å². The quantitative estimate of drug-likeness (QED) is 0.864. The Balaban J connectivity index is 1.50. The van der Waals surface area contributed by atoms with E-state index in [4.69, 9.17) is 0 Å². The third-order valence-electron chi connectivity index (χ3n) is 5.06. The molecule has 26 heavy (non-hydrogen) atoms. The molecule has 1 unspecified atom stereocenters. The van der Waals surface area contributed by atoms with Gasteiger partial charge in [-0.2, -0.15) is 5.10 Å². The van der Waals surface area contributed by atoms with Crippen molar-refractivity contribution in [2.45, 2.75) is 26.2 Å². The highest BCUT2D eigenvalue weighted by atomic mass is 19.1. The van der Waals surface area contributed by atoms with Crippen molar-refractivity contribution in [2.24, 2.45) is 5.92 Å². The van der Waals surface area contributed by atoms with Crippen LogP contribution in [-0.2, 0) is 6.42 Å². The summed E-state index contributed by atoms with van der Waals surface area (Å²) in [7, 11) is 1.84. The highest BCUT2D eigenvalue weighted by Gasteiger charge is 2.24. The summed E-state index contributed by atoms with van der Waals surface area (Å²) >= 11 is 0. The molecule has 0 aliphatic carbocycles. The largest absolute Gasteiger partial charge is 0.340 e. The van der Waals surface area contributed by atoms with Crippen LogP contribution in [0.15, 0.2) is 30.3 Å². The van der Waals surface area contributed by atoms with Crippen molar-refractivity contribution in [1.82, 2.24) is 20.0 Å². The van der Waals surface area contributed by atoms with Crippen molar-refractivity contribution in [2.75, 3.05) is 33.2 Å². The average molecular weight is 358 g/mol. The molecule has 1 aromatic carbocycles. The molecule has 6 heteroatoms. The van der Waals surface area contributed by atoms with Crippen molar-refractivity contribution in [1.29, 1.82) is 0 Å². The maximum atomic E-state index is 13.8. The van der Waals surface area contributed by atoms with Crippen molar-refractivity contribution in [3.8, 4) is 0 Å². The fourth-order valence-corrected chi connectivity index (χ4v) is 3.68. The predicted octanol–water partition coefficient (Wildman–Crippen LogP) is 2.88. The van der Waals surface area contributed by atoms with Crippen molar-refractivity contribution < 1.29 is 9.18 Å². The minimum atomic E-state index is -0.124. The van der Waals surface area contributed by atoms with E-state index in [1.165, 1.54) is 6.07 Å². The molecular weight excluding hydrogens is 331 g/mol. The Morgan fingerprint density at radius 1 is 1.42 bits per heavy atom. The topological polar surface area (TPSA) is 52.2 Å². The molecule has 1 aliphatic rings. The lowest BCUT2D eigenvalue weighted by atomic mass is 9.97. The van der Waals surface area contributed by atoms with E-state index in [-0.39, 0.29) is 11.7 Å². The number of aryl methyl sites for hydroxylation is 1. The van der Waals surface area contributed by atoms with E-state index in [9.17, 15) is 9.18 Å². The van der Waals surface area contributed by atoms with Gasteiger partial charge in [0.1, 0.15) is 11.5 Å². The number of likely N-dealkylation sites (tertiary alicyclic amines) is 1. The lowest BCUT2D eigenvalue weighted by Gasteiger charge is -2.34. The molecule has 0 spiro atoms. The molecule has 3 rings (SSSR count). The molecule has 1 N–H and O–H groups in total. The van der Waals surface area contributed by atoms with Crippen LogP contribution in [0.5, 0.6) is 0 Å². The zero-order valence-corrected chi connectivity index (χ0v) is 15.5. The zero-order valence-electron chi connectivity index (χ0n) is 15.5. The Labute approximate surface area is 154 Å². The van der Waals surface area contributed by atoms with E-state index >= 15 is 0 Å². The molecule has 0 saturated carbocycles. The van der Waals surface area contributed by atoms with Crippen molar-refractivity contribution in [3.05, 3.63) is 53.1 Å². The highest BCUT2D eigenvalue weighted by molar-refractivity contribution is 5.92. The van der Waals surface area contributed by atoms with Gasteiger partial charge in [-0.15, -0.1) is 0 Å². The van der Waals surface area contributed by atoms with Gasteiger partial charge in [-0.05, 0) is 56.3 Å². The number of amides is 1. The van der Waals surface area contributed by atoms with Gasteiger partial charge in [0, 0.05) is 32.4 Å². The smallest absolute Gasteiger partial charge is 0.274 e. The Morgan fingerprint density at radius 3 is 2.96 bits per heavy atom. The highest BCUT2D eigenvalue weighted by Crippen LogP contribution is 2.19. The number of carbonyl (C=O) groups excluding carboxylic acids is 1. The summed E-state index contributed by atoms with van der Waals surface area (Å²) in [6, 6.07) is 8.76. The first-order valence-corrected chi connectivity index (χ1v) is 9.26. The van der Waals surface area contributed by atoms with Crippen LogP contribution in [-0.4, -0.2) is 59.1 Å². The maximum Gasteiger partial charge on any atom is 0.274 e. The number of piperidine rings is 1. The number of hydrogen-bond acceptors (Lipinski definition) is 3. The monoisotopic (exact) mass is 358 g/mol. The summed E-state index contributed by atoms with van der Waals surface area (Å²) in [6.45, 7) is 5.46. The fraction of sp³-hybridized carbons (Fsp3) is 0.500. The summed E-state index contributed by atoms with van der Waals surface area (Å²) in [5, 5.41) is 6.87. The first kappa shape index (κ1) is 18.6. The first-order chi connectivity index (χ1) is 12.5. The second-order valence-electron chi connectivity index (χ2n) is 7.27. The molecule has 5 nitrogen and oxygen atoms in total.